The lowest BCUT2D eigenvalue weighted by atomic mass is 9.93. The highest BCUT2D eigenvalue weighted by Gasteiger charge is 2.42. The number of imidazole rings is 1. The minimum absolute atomic E-state index is 0.829. The molecule has 3 nitrogen and oxygen atoms in total. The average Bonchev–Trinajstić information content (AvgIpc) is 3.48. The first-order chi connectivity index (χ1) is 21.2. The largest absolute Gasteiger partial charge is 0.308 e. The maximum absolute atomic E-state index is 16.2. The SMILES string of the molecule is O=P1(c2ccccc2)c2c(-c3cc4ccccc4c4ccccc34)cccc2-n2c(-c3ccccc3)nc3cccc1c32. The maximum atomic E-state index is 16.2. The lowest BCUT2D eigenvalue weighted by molar-refractivity contribution is 0.592. The number of para-hydroxylation sites is 1. The van der Waals surface area contributed by atoms with Crippen molar-refractivity contribution in [2.75, 3.05) is 0 Å². The summed E-state index contributed by atoms with van der Waals surface area (Å²) in [6.45, 7) is 0. The van der Waals surface area contributed by atoms with Crippen LogP contribution in [0.3, 0.4) is 0 Å². The van der Waals surface area contributed by atoms with Crippen LogP contribution in [0.1, 0.15) is 0 Å². The zero-order chi connectivity index (χ0) is 28.5. The first-order valence-electron chi connectivity index (χ1n) is 14.5. The van der Waals surface area contributed by atoms with Crippen LogP contribution >= 0.6 is 7.14 Å². The minimum Gasteiger partial charge on any atom is -0.308 e. The molecule has 1 unspecified atom stereocenters. The van der Waals surface area contributed by atoms with E-state index >= 15 is 4.57 Å². The Morgan fingerprint density at radius 3 is 2.05 bits per heavy atom. The van der Waals surface area contributed by atoms with Crippen molar-refractivity contribution in [3.8, 4) is 28.2 Å². The van der Waals surface area contributed by atoms with Crippen molar-refractivity contribution in [3.05, 3.63) is 152 Å². The predicted octanol–water partition coefficient (Wildman–Crippen LogP) is 8.62. The van der Waals surface area contributed by atoms with Crippen LogP contribution in [0.5, 0.6) is 0 Å². The molecule has 1 atom stereocenters. The normalized spacial score (nSPS) is 15.6. The smallest absolute Gasteiger partial charge is 0.175 e. The minimum atomic E-state index is -3.34. The van der Waals surface area contributed by atoms with E-state index in [0.29, 0.717) is 0 Å². The molecule has 0 spiro atoms. The molecule has 0 fully saturated rings. The predicted molar refractivity (Wildman–Crippen MR) is 180 cm³/mol. The van der Waals surface area contributed by atoms with E-state index in [2.05, 4.69) is 89.5 Å². The molecule has 0 saturated carbocycles. The van der Waals surface area contributed by atoms with Crippen molar-refractivity contribution in [2.24, 2.45) is 0 Å². The summed E-state index contributed by atoms with van der Waals surface area (Å²) < 4.78 is 18.4. The molecule has 4 heteroatoms. The highest BCUT2D eigenvalue weighted by Crippen LogP contribution is 2.53. The summed E-state index contributed by atoms with van der Waals surface area (Å²) >= 11 is 0. The summed E-state index contributed by atoms with van der Waals surface area (Å²) in [5.41, 5.74) is 5.78. The van der Waals surface area contributed by atoms with Gasteiger partial charge in [-0.3, -0.25) is 4.57 Å². The van der Waals surface area contributed by atoms with Gasteiger partial charge in [0.25, 0.3) is 0 Å². The van der Waals surface area contributed by atoms with Gasteiger partial charge in [-0.15, -0.1) is 0 Å². The molecule has 43 heavy (non-hydrogen) atoms. The van der Waals surface area contributed by atoms with Crippen LogP contribution in [0, 0.1) is 0 Å². The number of nitrogens with zero attached hydrogens (tertiary/aromatic N) is 2. The zero-order valence-corrected chi connectivity index (χ0v) is 24.1. The van der Waals surface area contributed by atoms with Gasteiger partial charge >= 0.3 is 0 Å². The third kappa shape index (κ3) is 3.37. The van der Waals surface area contributed by atoms with Gasteiger partial charge < -0.3 is 4.57 Å². The van der Waals surface area contributed by atoms with Crippen LogP contribution in [0.4, 0.5) is 0 Å². The highest BCUT2D eigenvalue weighted by molar-refractivity contribution is 7.86. The van der Waals surface area contributed by atoms with Gasteiger partial charge in [0, 0.05) is 16.2 Å². The average molecular weight is 569 g/mol. The van der Waals surface area contributed by atoms with Gasteiger partial charge in [-0.05, 0) is 56.9 Å². The molecule has 0 bridgehead atoms. The number of hydrogen-bond acceptors (Lipinski definition) is 2. The second-order valence-corrected chi connectivity index (χ2v) is 13.8. The molecule has 0 radical (unpaired) electrons. The Kier molecular flexibility index (Phi) is 5.17. The number of benzene rings is 7. The third-order valence-corrected chi connectivity index (χ3v) is 11.9. The van der Waals surface area contributed by atoms with Gasteiger partial charge in [0.05, 0.1) is 22.0 Å². The van der Waals surface area contributed by atoms with Crippen molar-refractivity contribution >= 4 is 55.6 Å². The molecule has 0 saturated heterocycles. The van der Waals surface area contributed by atoms with Crippen LogP contribution in [0.2, 0.25) is 0 Å². The van der Waals surface area contributed by atoms with E-state index in [4.69, 9.17) is 4.98 Å². The van der Waals surface area contributed by atoms with Gasteiger partial charge in [-0.25, -0.2) is 4.98 Å². The second-order valence-electron chi connectivity index (χ2n) is 11.1. The van der Waals surface area contributed by atoms with Crippen molar-refractivity contribution < 1.29 is 4.57 Å². The van der Waals surface area contributed by atoms with Crippen LogP contribution in [0.15, 0.2) is 152 Å². The van der Waals surface area contributed by atoms with Gasteiger partial charge in [-0.1, -0.05) is 127 Å². The monoisotopic (exact) mass is 568 g/mol. The molecule has 8 aromatic rings. The summed E-state index contributed by atoms with van der Waals surface area (Å²) in [5, 5.41) is 7.23. The van der Waals surface area contributed by atoms with Crippen molar-refractivity contribution in [2.45, 2.75) is 0 Å². The van der Waals surface area contributed by atoms with Gasteiger partial charge in [-0.2, -0.15) is 0 Å². The zero-order valence-electron chi connectivity index (χ0n) is 23.2. The third-order valence-electron chi connectivity index (χ3n) is 8.77. The summed E-state index contributed by atoms with van der Waals surface area (Å²) in [6.07, 6.45) is 0. The fraction of sp³-hybridized carbons (Fsp3) is 0. The molecule has 0 amide bonds. The lowest BCUT2D eigenvalue weighted by Crippen LogP contribution is -2.34. The second kappa shape index (κ2) is 9.13. The van der Waals surface area contributed by atoms with E-state index in [-0.39, 0.29) is 0 Å². The first-order valence-corrected chi connectivity index (χ1v) is 16.2. The van der Waals surface area contributed by atoms with E-state index < -0.39 is 7.14 Å². The van der Waals surface area contributed by atoms with E-state index in [1.54, 1.807) is 0 Å². The molecule has 0 aliphatic carbocycles. The Morgan fingerprint density at radius 2 is 1.23 bits per heavy atom. The Bertz CT molecular complexity index is 2430. The molecule has 202 valence electrons. The molecular formula is C39H25N2OP. The fourth-order valence-corrected chi connectivity index (χ4v) is 10.2. The van der Waals surface area contributed by atoms with E-state index in [0.717, 1.165) is 65.9 Å². The number of fused-ring (bicyclic) bond motifs is 5. The molecular weight excluding hydrogens is 543 g/mol. The lowest BCUT2D eigenvalue weighted by Gasteiger charge is -2.31. The topological polar surface area (TPSA) is 34.9 Å². The number of aromatic nitrogens is 2. The standard InChI is InChI=1S/C39H25N2OP/c42-43(28-16-5-2-6-17-28)36-24-12-22-34-37(36)41(39(40-34)26-13-3-1-4-14-26)35-23-11-21-32(38(35)43)33-25-27-15-7-8-18-29(27)30-19-9-10-20-31(30)33/h1-25H. The summed E-state index contributed by atoms with van der Waals surface area (Å²) in [4.78, 5) is 5.15. The Morgan fingerprint density at radius 1 is 0.558 bits per heavy atom. The molecule has 2 heterocycles. The molecule has 1 aliphatic heterocycles. The van der Waals surface area contributed by atoms with E-state index in [9.17, 15) is 0 Å². The van der Waals surface area contributed by atoms with Crippen LogP contribution in [0.25, 0.3) is 60.8 Å². The molecule has 0 N–H and O–H groups in total. The van der Waals surface area contributed by atoms with Crippen molar-refractivity contribution in [1.29, 1.82) is 0 Å². The van der Waals surface area contributed by atoms with Crippen LogP contribution in [-0.2, 0) is 4.57 Å². The summed E-state index contributed by atoms with van der Waals surface area (Å²) in [7, 11) is -3.34. The number of hydrogen-bond donors (Lipinski definition) is 0. The Labute approximate surface area is 249 Å². The maximum Gasteiger partial charge on any atom is 0.175 e. The Hall–Kier alpha value is -5.24. The molecule has 1 aromatic heterocycles. The van der Waals surface area contributed by atoms with Crippen LogP contribution < -0.4 is 15.9 Å². The van der Waals surface area contributed by atoms with Gasteiger partial charge in [0.1, 0.15) is 5.82 Å². The summed E-state index contributed by atoms with van der Waals surface area (Å²) in [5.74, 6) is 0.851. The van der Waals surface area contributed by atoms with Crippen molar-refractivity contribution in [1.82, 2.24) is 9.55 Å². The quantitative estimate of drug-likeness (QED) is 0.158. The fourth-order valence-electron chi connectivity index (χ4n) is 6.94. The van der Waals surface area contributed by atoms with Gasteiger partial charge in [0.2, 0.25) is 0 Å². The van der Waals surface area contributed by atoms with Crippen molar-refractivity contribution in [3.63, 3.8) is 0 Å². The highest BCUT2D eigenvalue weighted by atomic mass is 31.2. The Balaban J connectivity index is 1.48. The molecule has 9 rings (SSSR count). The number of rotatable bonds is 3. The first kappa shape index (κ1) is 24.4. The van der Waals surface area contributed by atoms with E-state index in [1.807, 2.05) is 66.7 Å². The summed E-state index contributed by atoms with van der Waals surface area (Å²) in [6, 6.07) is 52.1. The molecule has 7 aromatic carbocycles. The van der Waals surface area contributed by atoms with Crippen LogP contribution in [-0.4, -0.2) is 9.55 Å². The van der Waals surface area contributed by atoms with Gasteiger partial charge in [0.15, 0.2) is 7.14 Å². The molecule has 1 aliphatic rings. The van der Waals surface area contributed by atoms with E-state index in [1.165, 1.54) is 10.8 Å².